The predicted octanol–water partition coefficient (Wildman–Crippen LogP) is 2.55. The van der Waals surface area contributed by atoms with Crippen molar-refractivity contribution in [2.45, 2.75) is 53.4 Å². The number of aliphatic hydroxyl groups is 1. The average Bonchev–Trinajstić information content (AvgIpc) is 2.18. The normalized spacial score (nSPS) is 7.50. The highest BCUT2D eigenvalue weighted by molar-refractivity contribution is 4.19. The summed E-state index contributed by atoms with van der Waals surface area (Å²) in [6.45, 7) is 9.49. The van der Waals surface area contributed by atoms with E-state index in [4.69, 9.17) is 10.8 Å². The summed E-state index contributed by atoms with van der Waals surface area (Å²) in [5.41, 5.74) is 5.03. The van der Waals surface area contributed by atoms with Crippen LogP contribution in [0.25, 0.3) is 0 Å². The molecule has 0 radical (unpaired) electrons. The van der Waals surface area contributed by atoms with Crippen molar-refractivity contribution in [3.05, 3.63) is 0 Å². The molecule has 0 rings (SSSR count). The molecule has 2 nitrogen and oxygen atoms in total. The van der Waals surface area contributed by atoms with Gasteiger partial charge in [0.1, 0.15) is 0 Å². The lowest BCUT2D eigenvalue weighted by atomic mass is 10.4. The van der Waals surface area contributed by atoms with Gasteiger partial charge in [-0.15, -0.1) is 0 Å². The lowest BCUT2D eigenvalue weighted by Gasteiger charge is -1.70. The van der Waals surface area contributed by atoms with Crippen LogP contribution in [0.4, 0.5) is 0 Å². The minimum absolute atomic E-state index is 0.319. The first kappa shape index (κ1) is 17.9. The van der Waals surface area contributed by atoms with Gasteiger partial charge in [-0.2, -0.15) is 0 Å². The molecule has 0 atom stereocenters. The summed E-state index contributed by atoms with van der Waals surface area (Å²) >= 11 is 0. The quantitative estimate of drug-likeness (QED) is 0.696. The van der Waals surface area contributed by atoms with E-state index >= 15 is 0 Å². The standard InChI is InChI=1S/C4H10.C3H9N.C3H8O/c1-3-4-2;2*1-2-3-4/h3-4H2,1-2H3;2-4H2,1H3;4H,2-3H2,1H3. The van der Waals surface area contributed by atoms with Crippen molar-refractivity contribution in [2.24, 2.45) is 5.73 Å². The fourth-order valence-electron chi connectivity index (χ4n) is 0. The summed E-state index contributed by atoms with van der Waals surface area (Å²) in [5.74, 6) is 0. The number of nitrogens with two attached hydrogens (primary N) is 1. The fraction of sp³-hybridized carbons (Fsp3) is 1.00. The van der Waals surface area contributed by atoms with Gasteiger partial charge in [-0.05, 0) is 19.4 Å². The highest BCUT2D eigenvalue weighted by Crippen LogP contribution is 1.76. The van der Waals surface area contributed by atoms with Crippen LogP contribution < -0.4 is 5.73 Å². The summed E-state index contributed by atoms with van der Waals surface area (Å²) in [6, 6.07) is 0. The zero-order valence-corrected chi connectivity index (χ0v) is 9.27. The first-order valence-corrected chi connectivity index (χ1v) is 5.05. The molecule has 0 spiro atoms. The van der Waals surface area contributed by atoms with Gasteiger partial charge in [0.25, 0.3) is 0 Å². The second-order valence-electron chi connectivity index (χ2n) is 2.51. The Hall–Kier alpha value is -0.0800. The molecule has 0 amide bonds. The maximum atomic E-state index is 7.88. The molecule has 0 aliphatic carbocycles. The first-order valence-electron chi connectivity index (χ1n) is 5.05. The lowest BCUT2D eigenvalue weighted by Crippen LogP contribution is -1.93. The van der Waals surface area contributed by atoms with Gasteiger partial charge in [-0.1, -0.05) is 40.5 Å². The number of hydrogen-bond donors (Lipinski definition) is 2. The van der Waals surface area contributed by atoms with Crippen molar-refractivity contribution < 1.29 is 5.11 Å². The molecule has 3 N–H and O–H groups in total. The highest BCUT2D eigenvalue weighted by Gasteiger charge is 1.57. The van der Waals surface area contributed by atoms with E-state index in [9.17, 15) is 0 Å². The average molecular weight is 177 g/mol. The molecule has 0 aromatic heterocycles. The van der Waals surface area contributed by atoms with E-state index in [0.29, 0.717) is 6.61 Å². The van der Waals surface area contributed by atoms with Crippen molar-refractivity contribution in [3.63, 3.8) is 0 Å². The van der Waals surface area contributed by atoms with E-state index < -0.39 is 0 Å². The molecule has 0 saturated heterocycles. The highest BCUT2D eigenvalue weighted by atomic mass is 16.2. The van der Waals surface area contributed by atoms with E-state index in [1.54, 1.807) is 0 Å². The SMILES string of the molecule is CCCC.CCCN.CCCO. The van der Waals surface area contributed by atoms with Crippen molar-refractivity contribution in [1.82, 2.24) is 0 Å². The summed E-state index contributed by atoms with van der Waals surface area (Å²) in [5, 5.41) is 7.88. The minimum Gasteiger partial charge on any atom is -0.396 e. The molecule has 0 aromatic rings. The van der Waals surface area contributed by atoms with Crippen molar-refractivity contribution in [2.75, 3.05) is 13.2 Å². The molecule has 0 bridgehead atoms. The van der Waals surface area contributed by atoms with Gasteiger partial charge in [0, 0.05) is 6.61 Å². The van der Waals surface area contributed by atoms with Crippen LogP contribution in [-0.4, -0.2) is 18.3 Å². The maximum Gasteiger partial charge on any atom is 0.0428 e. The maximum absolute atomic E-state index is 7.88. The second kappa shape index (κ2) is 30.7. The van der Waals surface area contributed by atoms with Crippen molar-refractivity contribution >= 4 is 0 Å². The molecule has 0 saturated carbocycles. The van der Waals surface area contributed by atoms with Crippen molar-refractivity contribution in [3.8, 4) is 0 Å². The number of aliphatic hydroxyl groups excluding tert-OH is 1. The van der Waals surface area contributed by atoms with Crippen molar-refractivity contribution in [1.29, 1.82) is 0 Å². The molecule has 12 heavy (non-hydrogen) atoms. The zero-order chi connectivity index (χ0) is 10.2. The molecule has 0 unspecified atom stereocenters. The van der Waals surface area contributed by atoms with Crippen LogP contribution in [-0.2, 0) is 0 Å². The van der Waals surface area contributed by atoms with E-state index in [0.717, 1.165) is 19.4 Å². The largest absolute Gasteiger partial charge is 0.396 e. The van der Waals surface area contributed by atoms with Gasteiger partial charge in [-0.3, -0.25) is 0 Å². The number of unbranched alkanes of at least 4 members (excludes halogenated alkanes) is 1. The monoisotopic (exact) mass is 177 g/mol. The van der Waals surface area contributed by atoms with Gasteiger partial charge >= 0.3 is 0 Å². The Morgan fingerprint density at radius 1 is 0.833 bits per heavy atom. The second-order valence-corrected chi connectivity index (χ2v) is 2.51. The summed E-state index contributed by atoms with van der Waals surface area (Å²) in [6.07, 6.45) is 4.61. The van der Waals surface area contributed by atoms with E-state index in [1.165, 1.54) is 12.8 Å². The molecule has 0 aromatic carbocycles. The fourth-order valence-corrected chi connectivity index (χ4v) is 0. The Morgan fingerprint density at radius 3 is 1.08 bits per heavy atom. The molecule has 0 aliphatic rings. The molecule has 78 valence electrons. The van der Waals surface area contributed by atoms with E-state index in [2.05, 4.69) is 20.8 Å². The van der Waals surface area contributed by atoms with Crippen LogP contribution in [0.2, 0.25) is 0 Å². The van der Waals surface area contributed by atoms with Gasteiger partial charge in [-0.25, -0.2) is 0 Å². The Kier molecular flexibility index (Phi) is 45.6. The molecule has 0 fully saturated rings. The number of rotatable bonds is 3. The third kappa shape index (κ3) is 92.6. The predicted molar refractivity (Wildman–Crippen MR) is 57.3 cm³/mol. The van der Waals surface area contributed by atoms with Gasteiger partial charge in [0.15, 0.2) is 0 Å². The summed E-state index contributed by atoms with van der Waals surface area (Å²) < 4.78 is 0. The third-order valence-corrected chi connectivity index (χ3v) is 1.01. The Labute approximate surface area is 78.2 Å². The summed E-state index contributed by atoms with van der Waals surface area (Å²) in [7, 11) is 0. The zero-order valence-electron chi connectivity index (χ0n) is 9.27. The van der Waals surface area contributed by atoms with Crippen LogP contribution >= 0.6 is 0 Å². The number of hydrogen-bond acceptors (Lipinski definition) is 2. The first-order chi connectivity index (χ1) is 5.74. The van der Waals surface area contributed by atoms with Gasteiger partial charge in [0.2, 0.25) is 0 Å². The Bertz CT molecular complexity index is 25.3. The topological polar surface area (TPSA) is 46.2 Å². The van der Waals surface area contributed by atoms with Crippen LogP contribution in [0, 0.1) is 0 Å². The third-order valence-electron chi connectivity index (χ3n) is 1.01. The molecule has 0 heterocycles. The van der Waals surface area contributed by atoms with Gasteiger partial charge < -0.3 is 10.8 Å². The van der Waals surface area contributed by atoms with Crippen LogP contribution in [0.5, 0.6) is 0 Å². The molecular weight excluding hydrogens is 150 g/mol. The Balaban J connectivity index is -0.000000101. The molecule has 2 heteroatoms. The van der Waals surface area contributed by atoms with E-state index in [1.807, 2.05) is 6.92 Å². The lowest BCUT2D eigenvalue weighted by molar-refractivity contribution is 0.295. The van der Waals surface area contributed by atoms with Gasteiger partial charge in [0.05, 0.1) is 0 Å². The van der Waals surface area contributed by atoms with Crippen LogP contribution in [0.15, 0.2) is 0 Å². The van der Waals surface area contributed by atoms with Crippen LogP contribution in [0.1, 0.15) is 53.4 Å². The molecular formula is C10H27NO. The minimum atomic E-state index is 0.319. The smallest absolute Gasteiger partial charge is 0.0428 e. The van der Waals surface area contributed by atoms with E-state index in [-0.39, 0.29) is 0 Å². The van der Waals surface area contributed by atoms with Crippen LogP contribution in [0.3, 0.4) is 0 Å². The molecule has 0 aliphatic heterocycles. The Morgan fingerprint density at radius 2 is 1.08 bits per heavy atom. The summed E-state index contributed by atoms with van der Waals surface area (Å²) in [4.78, 5) is 0.